The SMILES string of the molecule is CC(C)N(CCC(=O)O)C(=O)[C@@H]1CCC(=O)N1. The number of amides is 2. The molecule has 6 heteroatoms. The fourth-order valence-electron chi connectivity index (χ4n) is 1.84. The van der Waals surface area contributed by atoms with Crippen molar-refractivity contribution in [3.8, 4) is 0 Å². The lowest BCUT2D eigenvalue weighted by Gasteiger charge is -2.28. The number of carboxylic acids is 1. The smallest absolute Gasteiger partial charge is 0.305 e. The van der Waals surface area contributed by atoms with Crippen LogP contribution in [-0.4, -0.2) is 46.4 Å². The van der Waals surface area contributed by atoms with Gasteiger partial charge in [-0.1, -0.05) is 0 Å². The minimum atomic E-state index is -0.932. The second-order valence-electron chi connectivity index (χ2n) is 4.43. The van der Waals surface area contributed by atoms with Crippen molar-refractivity contribution in [1.82, 2.24) is 10.2 Å². The van der Waals surface area contributed by atoms with Gasteiger partial charge in [0.15, 0.2) is 0 Å². The monoisotopic (exact) mass is 242 g/mol. The highest BCUT2D eigenvalue weighted by atomic mass is 16.4. The Morgan fingerprint density at radius 2 is 2.18 bits per heavy atom. The summed E-state index contributed by atoms with van der Waals surface area (Å²) in [4.78, 5) is 35.1. The van der Waals surface area contributed by atoms with E-state index >= 15 is 0 Å². The minimum absolute atomic E-state index is 0.0700. The quantitative estimate of drug-likeness (QED) is 0.709. The van der Waals surface area contributed by atoms with Gasteiger partial charge in [-0.15, -0.1) is 0 Å². The van der Waals surface area contributed by atoms with E-state index in [1.54, 1.807) is 0 Å². The number of hydrogen-bond acceptors (Lipinski definition) is 3. The molecule has 0 spiro atoms. The van der Waals surface area contributed by atoms with E-state index in [1.807, 2.05) is 13.8 Å². The molecule has 1 fully saturated rings. The Hall–Kier alpha value is -1.59. The van der Waals surface area contributed by atoms with Crippen molar-refractivity contribution in [3.63, 3.8) is 0 Å². The van der Waals surface area contributed by atoms with Crippen LogP contribution in [0.1, 0.15) is 33.1 Å². The van der Waals surface area contributed by atoms with E-state index in [2.05, 4.69) is 5.32 Å². The van der Waals surface area contributed by atoms with Crippen molar-refractivity contribution in [2.75, 3.05) is 6.54 Å². The van der Waals surface area contributed by atoms with E-state index in [9.17, 15) is 14.4 Å². The van der Waals surface area contributed by atoms with Crippen molar-refractivity contribution < 1.29 is 19.5 Å². The van der Waals surface area contributed by atoms with Crippen LogP contribution in [0.15, 0.2) is 0 Å². The Balaban J connectivity index is 2.60. The molecule has 96 valence electrons. The normalized spacial score (nSPS) is 19.2. The molecule has 0 saturated carbocycles. The number of hydrogen-bond donors (Lipinski definition) is 2. The maximum atomic E-state index is 12.1. The second kappa shape index (κ2) is 5.65. The summed E-state index contributed by atoms with van der Waals surface area (Å²) in [5.41, 5.74) is 0. The van der Waals surface area contributed by atoms with Crippen LogP contribution in [-0.2, 0) is 14.4 Å². The maximum absolute atomic E-state index is 12.1. The van der Waals surface area contributed by atoms with E-state index in [-0.39, 0.29) is 30.8 Å². The van der Waals surface area contributed by atoms with Crippen LogP contribution in [0.25, 0.3) is 0 Å². The first-order valence-corrected chi connectivity index (χ1v) is 5.73. The number of carbonyl (C=O) groups excluding carboxylic acids is 2. The third-order valence-electron chi connectivity index (χ3n) is 2.77. The lowest BCUT2D eigenvalue weighted by molar-refractivity contribution is -0.140. The number of carboxylic acid groups (broad SMARTS) is 1. The van der Waals surface area contributed by atoms with E-state index in [0.717, 1.165) is 0 Å². The summed E-state index contributed by atoms with van der Waals surface area (Å²) in [6, 6.07) is -0.557. The van der Waals surface area contributed by atoms with E-state index < -0.39 is 12.0 Å². The minimum Gasteiger partial charge on any atom is -0.481 e. The molecule has 1 atom stereocenters. The van der Waals surface area contributed by atoms with Crippen LogP contribution in [0.5, 0.6) is 0 Å². The molecule has 0 aromatic rings. The highest BCUT2D eigenvalue weighted by Gasteiger charge is 2.31. The van der Waals surface area contributed by atoms with Gasteiger partial charge in [0.05, 0.1) is 6.42 Å². The van der Waals surface area contributed by atoms with Gasteiger partial charge in [0, 0.05) is 19.0 Å². The molecule has 1 saturated heterocycles. The van der Waals surface area contributed by atoms with Crippen LogP contribution in [0.2, 0.25) is 0 Å². The largest absolute Gasteiger partial charge is 0.481 e. The summed E-state index contributed by atoms with van der Waals surface area (Å²) in [6.45, 7) is 3.84. The average Bonchev–Trinajstić information content (AvgIpc) is 2.63. The number of nitrogens with one attached hydrogen (secondary N) is 1. The summed E-state index contributed by atoms with van der Waals surface area (Å²) in [6.07, 6.45) is 0.778. The molecule has 0 aliphatic carbocycles. The van der Waals surface area contributed by atoms with Crippen molar-refractivity contribution >= 4 is 17.8 Å². The van der Waals surface area contributed by atoms with Crippen LogP contribution in [0, 0.1) is 0 Å². The van der Waals surface area contributed by atoms with Crippen LogP contribution in [0.3, 0.4) is 0 Å². The Morgan fingerprint density at radius 3 is 2.59 bits per heavy atom. The van der Waals surface area contributed by atoms with Gasteiger partial charge < -0.3 is 15.3 Å². The van der Waals surface area contributed by atoms with Gasteiger partial charge in [0.2, 0.25) is 11.8 Å². The van der Waals surface area contributed by atoms with Crippen molar-refractivity contribution in [2.24, 2.45) is 0 Å². The predicted octanol–water partition coefficient (Wildman–Crippen LogP) is -0.0233. The van der Waals surface area contributed by atoms with Crippen LogP contribution < -0.4 is 5.32 Å². The van der Waals surface area contributed by atoms with Gasteiger partial charge >= 0.3 is 5.97 Å². The first-order valence-electron chi connectivity index (χ1n) is 5.73. The molecule has 0 bridgehead atoms. The average molecular weight is 242 g/mol. The summed E-state index contributed by atoms with van der Waals surface area (Å²) in [7, 11) is 0. The Morgan fingerprint density at radius 1 is 1.53 bits per heavy atom. The molecule has 0 aromatic carbocycles. The maximum Gasteiger partial charge on any atom is 0.305 e. The van der Waals surface area contributed by atoms with Crippen LogP contribution >= 0.6 is 0 Å². The molecular weight excluding hydrogens is 224 g/mol. The molecule has 0 aromatic heterocycles. The molecule has 2 N–H and O–H groups in total. The summed E-state index contributed by atoms with van der Waals surface area (Å²) >= 11 is 0. The highest BCUT2D eigenvalue weighted by Crippen LogP contribution is 2.12. The summed E-state index contributed by atoms with van der Waals surface area (Å²) in [5, 5.41) is 11.2. The van der Waals surface area contributed by atoms with Gasteiger partial charge in [0.25, 0.3) is 0 Å². The van der Waals surface area contributed by atoms with Gasteiger partial charge in [-0.2, -0.15) is 0 Å². The number of aliphatic carboxylic acids is 1. The van der Waals surface area contributed by atoms with Gasteiger partial charge in [-0.25, -0.2) is 0 Å². The van der Waals surface area contributed by atoms with Crippen molar-refractivity contribution in [2.45, 2.75) is 45.2 Å². The van der Waals surface area contributed by atoms with Crippen molar-refractivity contribution in [1.29, 1.82) is 0 Å². The second-order valence-corrected chi connectivity index (χ2v) is 4.43. The molecule has 1 aliphatic heterocycles. The molecule has 2 amide bonds. The Labute approximate surface area is 100.0 Å². The van der Waals surface area contributed by atoms with E-state index in [1.165, 1.54) is 4.90 Å². The summed E-state index contributed by atoms with van der Waals surface area (Å²) in [5.74, 6) is -1.24. The molecule has 1 aliphatic rings. The van der Waals surface area contributed by atoms with Gasteiger partial charge in [-0.3, -0.25) is 14.4 Å². The predicted molar refractivity (Wildman–Crippen MR) is 60.3 cm³/mol. The zero-order chi connectivity index (χ0) is 13.0. The van der Waals surface area contributed by atoms with Crippen molar-refractivity contribution in [3.05, 3.63) is 0 Å². The fourth-order valence-corrected chi connectivity index (χ4v) is 1.84. The zero-order valence-electron chi connectivity index (χ0n) is 10.1. The van der Waals surface area contributed by atoms with Gasteiger partial charge in [-0.05, 0) is 20.3 Å². The zero-order valence-corrected chi connectivity index (χ0v) is 10.1. The third-order valence-corrected chi connectivity index (χ3v) is 2.77. The molecular formula is C11H18N2O4. The number of rotatable bonds is 5. The fraction of sp³-hybridized carbons (Fsp3) is 0.727. The topological polar surface area (TPSA) is 86.7 Å². The Kier molecular flexibility index (Phi) is 4.48. The number of carbonyl (C=O) groups is 3. The van der Waals surface area contributed by atoms with Crippen LogP contribution in [0.4, 0.5) is 0 Å². The number of nitrogens with zero attached hydrogens (tertiary/aromatic N) is 1. The first-order chi connectivity index (χ1) is 7.91. The molecule has 1 heterocycles. The molecule has 1 rings (SSSR count). The standard InChI is InChI=1S/C11H18N2O4/c1-7(2)13(6-5-10(15)16)11(17)8-3-4-9(14)12-8/h7-8H,3-6H2,1-2H3,(H,12,14)(H,15,16)/t8-/m0/s1. The molecule has 6 nitrogen and oxygen atoms in total. The first kappa shape index (κ1) is 13.5. The van der Waals surface area contributed by atoms with Gasteiger partial charge in [0.1, 0.15) is 6.04 Å². The molecule has 0 unspecified atom stereocenters. The van der Waals surface area contributed by atoms with E-state index in [4.69, 9.17) is 5.11 Å². The lowest BCUT2D eigenvalue weighted by atomic mass is 10.1. The summed E-state index contributed by atoms with van der Waals surface area (Å²) < 4.78 is 0. The highest BCUT2D eigenvalue weighted by molar-refractivity contribution is 5.91. The molecule has 17 heavy (non-hydrogen) atoms. The molecule has 0 radical (unpaired) electrons. The Bertz CT molecular complexity index is 327. The van der Waals surface area contributed by atoms with E-state index in [0.29, 0.717) is 12.8 Å². The lowest BCUT2D eigenvalue weighted by Crippen LogP contribution is -2.48. The third kappa shape index (κ3) is 3.72.